The maximum Gasteiger partial charge on any atom is 0.328 e. The smallest absolute Gasteiger partial charge is 0.328 e. The van der Waals surface area contributed by atoms with Crippen LogP contribution in [0.25, 0.3) is 6.08 Å². The number of nitro benzene ring substituents is 1. The van der Waals surface area contributed by atoms with Gasteiger partial charge in [-0.25, -0.2) is 4.79 Å². The van der Waals surface area contributed by atoms with Crippen molar-refractivity contribution in [3.8, 4) is 5.75 Å². The molecule has 2 aromatic rings. The van der Waals surface area contributed by atoms with Crippen molar-refractivity contribution in [3.05, 3.63) is 72.8 Å². The van der Waals surface area contributed by atoms with E-state index in [4.69, 9.17) is 16.3 Å². The van der Waals surface area contributed by atoms with Crippen LogP contribution in [0.1, 0.15) is 11.1 Å². The van der Waals surface area contributed by atoms with Gasteiger partial charge in [0.25, 0.3) is 11.6 Å². The van der Waals surface area contributed by atoms with Crippen LogP contribution in [-0.4, -0.2) is 28.8 Å². The van der Waals surface area contributed by atoms with Crippen LogP contribution in [0.4, 0.5) is 10.5 Å². The lowest BCUT2D eigenvalue weighted by atomic mass is 10.1. The second-order valence-electron chi connectivity index (χ2n) is 5.88. The zero-order valence-corrected chi connectivity index (χ0v) is 16.8. The first-order valence-corrected chi connectivity index (χ1v) is 9.09. The first-order chi connectivity index (χ1) is 13.3. The minimum Gasteiger partial charge on any atom is -0.486 e. The number of nitro groups is 1. The Bertz CT molecular complexity index is 984. The standard InChI is InChI=1S/C18H13BrClN3O5/c1-22-17(24)15(21-18(22)25)8-11-6-13(19)16(14(20)7-11)28-9-10-2-4-12(5-3-10)23(26)27/h2-8H,9H2,1H3,(H,21,25)/b15-8+. The molecule has 1 aliphatic rings. The number of halogens is 2. The van der Waals surface area contributed by atoms with Crippen LogP contribution in [0.2, 0.25) is 5.02 Å². The molecule has 1 aliphatic heterocycles. The van der Waals surface area contributed by atoms with Crippen molar-refractivity contribution in [2.24, 2.45) is 0 Å². The molecule has 3 rings (SSSR count). The predicted octanol–water partition coefficient (Wildman–Crippen LogP) is 4.11. The van der Waals surface area contributed by atoms with Gasteiger partial charge in [-0.2, -0.15) is 0 Å². The van der Waals surface area contributed by atoms with E-state index < -0.39 is 16.9 Å². The summed E-state index contributed by atoms with van der Waals surface area (Å²) in [5, 5.41) is 13.5. The third-order valence-electron chi connectivity index (χ3n) is 3.94. The van der Waals surface area contributed by atoms with Gasteiger partial charge in [0, 0.05) is 19.2 Å². The summed E-state index contributed by atoms with van der Waals surface area (Å²) in [6.45, 7) is 0.163. The van der Waals surface area contributed by atoms with E-state index in [1.807, 2.05) is 0 Å². The Labute approximate surface area is 173 Å². The van der Waals surface area contributed by atoms with E-state index in [9.17, 15) is 19.7 Å². The van der Waals surface area contributed by atoms with Gasteiger partial charge in [-0.3, -0.25) is 19.8 Å². The van der Waals surface area contributed by atoms with Crippen molar-refractivity contribution in [3.63, 3.8) is 0 Å². The molecule has 0 bridgehead atoms. The lowest BCUT2D eigenvalue weighted by Gasteiger charge is -2.11. The Balaban J connectivity index is 1.76. The molecule has 0 atom stereocenters. The first-order valence-electron chi connectivity index (χ1n) is 7.92. The molecule has 0 radical (unpaired) electrons. The van der Waals surface area contributed by atoms with Crippen LogP contribution in [0.15, 0.2) is 46.6 Å². The zero-order chi connectivity index (χ0) is 20.4. The summed E-state index contributed by atoms with van der Waals surface area (Å²) in [6.07, 6.45) is 1.51. The molecule has 1 N–H and O–H groups in total. The molecule has 1 heterocycles. The Morgan fingerprint density at radius 3 is 2.50 bits per heavy atom. The largest absolute Gasteiger partial charge is 0.486 e. The van der Waals surface area contributed by atoms with Crippen LogP contribution < -0.4 is 10.1 Å². The third kappa shape index (κ3) is 4.15. The normalized spacial score (nSPS) is 15.1. The monoisotopic (exact) mass is 465 g/mol. The summed E-state index contributed by atoms with van der Waals surface area (Å²) in [5.41, 5.74) is 1.48. The summed E-state index contributed by atoms with van der Waals surface area (Å²) in [4.78, 5) is 34.7. The molecule has 0 saturated carbocycles. The Hall–Kier alpha value is -2.91. The molecule has 0 spiro atoms. The summed E-state index contributed by atoms with van der Waals surface area (Å²) in [7, 11) is 1.39. The lowest BCUT2D eigenvalue weighted by Crippen LogP contribution is -2.25. The van der Waals surface area contributed by atoms with Gasteiger partial charge in [-0.05, 0) is 57.4 Å². The molecule has 1 fully saturated rings. The van der Waals surface area contributed by atoms with Crippen molar-refractivity contribution in [2.75, 3.05) is 7.05 Å². The molecule has 28 heavy (non-hydrogen) atoms. The van der Waals surface area contributed by atoms with Gasteiger partial charge in [0.05, 0.1) is 14.4 Å². The van der Waals surface area contributed by atoms with Crippen LogP contribution in [-0.2, 0) is 11.4 Å². The fourth-order valence-corrected chi connectivity index (χ4v) is 3.45. The van der Waals surface area contributed by atoms with Gasteiger partial charge >= 0.3 is 6.03 Å². The maximum atomic E-state index is 11.9. The number of non-ortho nitro benzene ring substituents is 1. The van der Waals surface area contributed by atoms with Crippen molar-refractivity contribution >= 4 is 51.2 Å². The Morgan fingerprint density at radius 2 is 1.96 bits per heavy atom. The van der Waals surface area contributed by atoms with E-state index >= 15 is 0 Å². The fraction of sp³-hybridized carbons (Fsp3) is 0.111. The van der Waals surface area contributed by atoms with Crippen LogP contribution in [0, 0.1) is 10.1 Å². The van der Waals surface area contributed by atoms with Gasteiger partial charge in [-0.15, -0.1) is 0 Å². The molecular formula is C18H13BrClN3O5. The van der Waals surface area contributed by atoms with E-state index in [-0.39, 0.29) is 18.0 Å². The highest BCUT2D eigenvalue weighted by atomic mass is 79.9. The number of carbonyl (C=O) groups is 2. The second-order valence-corrected chi connectivity index (χ2v) is 7.14. The topological polar surface area (TPSA) is 102 Å². The van der Waals surface area contributed by atoms with Crippen molar-refractivity contribution in [2.45, 2.75) is 6.61 Å². The average molecular weight is 467 g/mol. The number of amides is 3. The van der Waals surface area contributed by atoms with Gasteiger partial charge < -0.3 is 10.1 Å². The lowest BCUT2D eigenvalue weighted by molar-refractivity contribution is -0.384. The van der Waals surface area contributed by atoms with E-state index in [0.717, 1.165) is 10.5 Å². The molecule has 0 aliphatic carbocycles. The summed E-state index contributed by atoms with van der Waals surface area (Å²) >= 11 is 9.67. The second kappa shape index (κ2) is 7.99. The highest BCUT2D eigenvalue weighted by Gasteiger charge is 2.30. The summed E-state index contributed by atoms with van der Waals surface area (Å²) in [6, 6.07) is 8.80. The number of likely N-dealkylation sites (N-methyl/N-ethyl adjacent to an activating group) is 1. The zero-order valence-electron chi connectivity index (χ0n) is 14.4. The quantitative estimate of drug-likeness (QED) is 0.309. The number of nitrogens with zero attached hydrogens (tertiary/aromatic N) is 2. The number of rotatable bonds is 5. The van der Waals surface area contributed by atoms with Crippen molar-refractivity contribution < 1.29 is 19.2 Å². The van der Waals surface area contributed by atoms with Gasteiger partial charge in [0.15, 0.2) is 5.75 Å². The number of benzene rings is 2. The molecule has 0 unspecified atom stereocenters. The SMILES string of the molecule is CN1C(=O)N/C(=C/c2cc(Cl)c(OCc3ccc([N+](=O)[O-])cc3)c(Br)c2)C1=O. The van der Waals surface area contributed by atoms with Gasteiger partial charge in [0.2, 0.25) is 0 Å². The van der Waals surface area contributed by atoms with Crippen LogP contribution in [0.5, 0.6) is 5.75 Å². The number of carbonyl (C=O) groups excluding carboxylic acids is 2. The molecule has 1 saturated heterocycles. The fourth-order valence-electron chi connectivity index (χ4n) is 2.46. The van der Waals surface area contributed by atoms with Crippen molar-refractivity contribution in [1.82, 2.24) is 10.2 Å². The van der Waals surface area contributed by atoms with E-state index in [2.05, 4.69) is 21.2 Å². The molecular weight excluding hydrogens is 454 g/mol. The number of nitrogens with one attached hydrogen (secondary N) is 1. The van der Waals surface area contributed by atoms with Gasteiger partial charge in [0.1, 0.15) is 12.3 Å². The number of ether oxygens (including phenoxy) is 1. The molecule has 10 heteroatoms. The van der Waals surface area contributed by atoms with E-state index in [1.54, 1.807) is 24.3 Å². The maximum absolute atomic E-state index is 11.9. The Morgan fingerprint density at radius 1 is 1.29 bits per heavy atom. The average Bonchev–Trinajstić information content (AvgIpc) is 2.88. The molecule has 0 aromatic heterocycles. The molecule has 8 nitrogen and oxygen atoms in total. The minimum absolute atomic E-state index is 0.000418. The van der Waals surface area contributed by atoms with Crippen LogP contribution in [0.3, 0.4) is 0 Å². The van der Waals surface area contributed by atoms with Crippen LogP contribution >= 0.6 is 27.5 Å². The summed E-state index contributed by atoms with van der Waals surface area (Å²) in [5.74, 6) is -0.0446. The molecule has 2 aromatic carbocycles. The van der Waals surface area contributed by atoms with Crippen molar-refractivity contribution in [1.29, 1.82) is 0 Å². The molecule has 144 valence electrons. The highest BCUT2D eigenvalue weighted by molar-refractivity contribution is 9.10. The van der Waals surface area contributed by atoms with E-state index in [0.29, 0.717) is 20.8 Å². The highest BCUT2D eigenvalue weighted by Crippen LogP contribution is 2.36. The number of imide groups is 1. The van der Waals surface area contributed by atoms with Gasteiger partial charge in [-0.1, -0.05) is 11.6 Å². The third-order valence-corrected chi connectivity index (χ3v) is 4.81. The number of hydrogen-bond donors (Lipinski definition) is 1. The molecule has 3 amide bonds. The first kappa shape index (κ1) is 19.8. The Kier molecular flexibility index (Phi) is 5.66. The minimum atomic E-state index is -0.496. The van der Waals surface area contributed by atoms with E-state index in [1.165, 1.54) is 25.3 Å². The summed E-state index contributed by atoms with van der Waals surface area (Å²) < 4.78 is 6.27. The predicted molar refractivity (Wildman–Crippen MR) is 106 cm³/mol. The number of hydrogen-bond acceptors (Lipinski definition) is 5. The number of urea groups is 1.